The van der Waals surface area contributed by atoms with Gasteiger partial charge in [-0.15, -0.1) is 0 Å². The molecule has 0 atom stereocenters. The first-order valence-corrected chi connectivity index (χ1v) is 10.2. The predicted octanol–water partition coefficient (Wildman–Crippen LogP) is 5.68. The number of anilines is 1. The highest BCUT2D eigenvalue weighted by Gasteiger charge is 2.14. The summed E-state index contributed by atoms with van der Waals surface area (Å²) < 4.78 is 11.4. The third kappa shape index (κ3) is 3.98. The summed E-state index contributed by atoms with van der Waals surface area (Å²) in [6.45, 7) is 1.83. The largest absolute Gasteiger partial charge is 0.507 e. The summed E-state index contributed by atoms with van der Waals surface area (Å²) in [6, 6.07) is 24.1. The number of oxazole rings is 1. The van der Waals surface area contributed by atoms with Gasteiger partial charge in [0.1, 0.15) is 17.0 Å². The molecule has 0 radical (unpaired) electrons. The third-order valence-electron chi connectivity index (χ3n) is 5.14. The van der Waals surface area contributed by atoms with Crippen LogP contribution >= 0.6 is 0 Å². The Kier molecular flexibility index (Phi) is 4.95. The summed E-state index contributed by atoms with van der Waals surface area (Å²) in [7, 11) is 0. The second kappa shape index (κ2) is 8.07. The second-order valence-corrected chi connectivity index (χ2v) is 7.57. The molecule has 0 aliphatic rings. The minimum absolute atomic E-state index is 0.0127. The summed E-state index contributed by atoms with van der Waals surface area (Å²) in [4.78, 5) is 16.9. The quantitative estimate of drug-likeness (QED) is 0.355. The Morgan fingerprint density at radius 2 is 1.84 bits per heavy atom. The minimum Gasteiger partial charge on any atom is -0.507 e. The number of carbonyl (C=O) groups excluding carboxylic acids is 1. The predicted molar refractivity (Wildman–Crippen MR) is 124 cm³/mol. The van der Waals surface area contributed by atoms with Crippen LogP contribution in [0, 0.1) is 6.92 Å². The average molecular weight is 424 g/mol. The van der Waals surface area contributed by atoms with Gasteiger partial charge < -0.3 is 19.6 Å². The summed E-state index contributed by atoms with van der Waals surface area (Å²) >= 11 is 0. The number of ether oxygens (including phenoxy) is 1. The average Bonchev–Trinajstić information content (AvgIpc) is 3.22. The van der Waals surface area contributed by atoms with Crippen LogP contribution in [0.15, 0.2) is 83.3 Å². The maximum Gasteiger partial charge on any atom is 0.262 e. The number of benzene rings is 4. The van der Waals surface area contributed by atoms with Gasteiger partial charge in [0, 0.05) is 5.69 Å². The number of nitrogens with one attached hydrogen (secondary N) is 1. The molecule has 5 aromatic rings. The Hall–Kier alpha value is -4.32. The highest BCUT2D eigenvalue weighted by molar-refractivity contribution is 5.93. The van der Waals surface area contributed by atoms with Crippen molar-refractivity contribution in [3.8, 4) is 23.0 Å². The summed E-state index contributed by atoms with van der Waals surface area (Å²) in [5, 5.41) is 15.2. The zero-order chi connectivity index (χ0) is 22.1. The Morgan fingerprint density at radius 1 is 1.00 bits per heavy atom. The number of aryl methyl sites for hydroxylation is 1. The molecule has 1 aromatic heterocycles. The Bertz CT molecular complexity index is 1460. The fraction of sp³-hybridized carbons (Fsp3) is 0.0769. The van der Waals surface area contributed by atoms with Gasteiger partial charge in [0.25, 0.3) is 5.91 Å². The minimum atomic E-state index is -0.317. The van der Waals surface area contributed by atoms with Crippen LogP contribution in [-0.2, 0) is 4.79 Å². The van der Waals surface area contributed by atoms with Crippen molar-refractivity contribution in [1.29, 1.82) is 0 Å². The number of phenolic OH excluding ortho intramolecular Hbond substituents is 1. The highest BCUT2D eigenvalue weighted by atomic mass is 16.5. The van der Waals surface area contributed by atoms with Crippen LogP contribution in [-0.4, -0.2) is 22.6 Å². The molecule has 0 saturated heterocycles. The molecule has 0 aliphatic carbocycles. The van der Waals surface area contributed by atoms with Gasteiger partial charge in [-0.1, -0.05) is 36.4 Å². The van der Waals surface area contributed by atoms with E-state index in [1.165, 1.54) is 6.07 Å². The fourth-order valence-corrected chi connectivity index (χ4v) is 3.54. The standard InChI is InChI=1S/C26H20N2O4/c1-16-6-11-24-22(12-16)28-26(32-24)21-14-19(8-10-23(21)29)27-25(30)15-31-20-9-7-17-4-2-3-5-18(17)13-20/h2-14,29H,15H2,1H3,(H,27,30). The van der Waals surface area contributed by atoms with Crippen LogP contribution in [0.25, 0.3) is 33.3 Å². The van der Waals surface area contributed by atoms with Gasteiger partial charge in [-0.2, -0.15) is 0 Å². The molecule has 0 fully saturated rings. The zero-order valence-corrected chi connectivity index (χ0v) is 17.3. The summed E-state index contributed by atoms with van der Waals surface area (Å²) in [5.74, 6) is 0.598. The van der Waals surface area contributed by atoms with Gasteiger partial charge in [0.05, 0.1) is 5.56 Å². The molecule has 6 heteroatoms. The fourth-order valence-electron chi connectivity index (χ4n) is 3.54. The van der Waals surface area contributed by atoms with Crippen LogP contribution in [0.3, 0.4) is 0 Å². The smallest absolute Gasteiger partial charge is 0.262 e. The summed E-state index contributed by atoms with van der Waals surface area (Å²) in [5.41, 5.74) is 3.30. The number of nitrogens with zero attached hydrogens (tertiary/aromatic N) is 1. The third-order valence-corrected chi connectivity index (χ3v) is 5.14. The lowest BCUT2D eigenvalue weighted by molar-refractivity contribution is -0.118. The Balaban J connectivity index is 1.30. The van der Waals surface area contributed by atoms with Crippen molar-refractivity contribution >= 4 is 33.5 Å². The molecule has 1 amide bonds. The van der Waals surface area contributed by atoms with Crippen LogP contribution in [0.5, 0.6) is 11.5 Å². The maximum atomic E-state index is 12.4. The van der Waals surface area contributed by atoms with Crippen molar-refractivity contribution in [2.45, 2.75) is 6.92 Å². The van der Waals surface area contributed by atoms with E-state index in [-0.39, 0.29) is 24.2 Å². The first-order valence-electron chi connectivity index (χ1n) is 10.2. The molecule has 0 aliphatic heterocycles. The van der Waals surface area contributed by atoms with Crippen molar-refractivity contribution in [2.75, 3.05) is 11.9 Å². The molecule has 0 saturated carbocycles. The second-order valence-electron chi connectivity index (χ2n) is 7.57. The molecule has 0 spiro atoms. The number of hydrogen-bond donors (Lipinski definition) is 2. The molecular formula is C26H20N2O4. The normalized spacial score (nSPS) is 11.0. The Morgan fingerprint density at radius 3 is 2.72 bits per heavy atom. The number of fused-ring (bicyclic) bond motifs is 2. The van der Waals surface area contributed by atoms with Gasteiger partial charge in [-0.3, -0.25) is 4.79 Å². The zero-order valence-electron chi connectivity index (χ0n) is 17.3. The van der Waals surface area contributed by atoms with E-state index in [4.69, 9.17) is 9.15 Å². The number of carbonyl (C=O) groups is 1. The lowest BCUT2D eigenvalue weighted by Crippen LogP contribution is -2.20. The van der Waals surface area contributed by atoms with E-state index in [0.29, 0.717) is 28.1 Å². The monoisotopic (exact) mass is 424 g/mol. The molecule has 0 bridgehead atoms. The molecule has 5 rings (SSSR count). The number of aromatic hydroxyl groups is 1. The topological polar surface area (TPSA) is 84.6 Å². The van der Waals surface area contributed by atoms with Crippen molar-refractivity contribution in [3.05, 3.63) is 84.4 Å². The van der Waals surface area contributed by atoms with Crippen LogP contribution < -0.4 is 10.1 Å². The first kappa shape index (κ1) is 19.6. The maximum absolute atomic E-state index is 12.4. The van der Waals surface area contributed by atoms with Gasteiger partial charge >= 0.3 is 0 Å². The van der Waals surface area contributed by atoms with Crippen LogP contribution in [0.1, 0.15) is 5.56 Å². The van der Waals surface area contributed by atoms with E-state index >= 15 is 0 Å². The van der Waals surface area contributed by atoms with Gasteiger partial charge in [-0.25, -0.2) is 4.98 Å². The van der Waals surface area contributed by atoms with Crippen molar-refractivity contribution in [1.82, 2.24) is 4.98 Å². The van der Waals surface area contributed by atoms with E-state index in [0.717, 1.165) is 16.3 Å². The molecule has 32 heavy (non-hydrogen) atoms. The van der Waals surface area contributed by atoms with Crippen LogP contribution in [0.4, 0.5) is 5.69 Å². The number of hydrogen-bond acceptors (Lipinski definition) is 5. The molecule has 158 valence electrons. The number of amides is 1. The van der Waals surface area contributed by atoms with E-state index in [1.807, 2.05) is 67.6 Å². The lowest BCUT2D eigenvalue weighted by Gasteiger charge is -2.09. The van der Waals surface area contributed by atoms with E-state index in [9.17, 15) is 9.90 Å². The molecule has 6 nitrogen and oxygen atoms in total. The molecular weight excluding hydrogens is 404 g/mol. The molecule has 2 N–H and O–H groups in total. The lowest BCUT2D eigenvalue weighted by atomic mass is 10.1. The van der Waals surface area contributed by atoms with Crippen molar-refractivity contribution in [2.24, 2.45) is 0 Å². The molecule has 0 unspecified atom stereocenters. The van der Waals surface area contributed by atoms with Gasteiger partial charge in [0.2, 0.25) is 5.89 Å². The number of phenols is 1. The SMILES string of the molecule is Cc1ccc2oc(-c3cc(NC(=O)COc4ccc5ccccc5c4)ccc3O)nc2c1. The molecule has 4 aromatic carbocycles. The van der Waals surface area contributed by atoms with Gasteiger partial charge in [0.15, 0.2) is 12.2 Å². The van der Waals surface area contributed by atoms with E-state index in [2.05, 4.69) is 10.3 Å². The van der Waals surface area contributed by atoms with Crippen LogP contribution in [0.2, 0.25) is 0 Å². The molecule has 1 heterocycles. The van der Waals surface area contributed by atoms with Gasteiger partial charge in [-0.05, 0) is 65.7 Å². The number of aromatic nitrogens is 1. The van der Waals surface area contributed by atoms with E-state index in [1.54, 1.807) is 12.1 Å². The first-order chi connectivity index (χ1) is 15.5. The number of rotatable bonds is 5. The van der Waals surface area contributed by atoms with Crippen molar-refractivity contribution in [3.63, 3.8) is 0 Å². The highest BCUT2D eigenvalue weighted by Crippen LogP contribution is 2.33. The Labute approximate surface area is 184 Å². The summed E-state index contributed by atoms with van der Waals surface area (Å²) in [6.07, 6.45) is 0. The van der Waals surface area contributed by atoms with Crippen molar-refractivity contribution < 1.29 is 19.1 Å². The van der Waals surface area contributed by atoms with E-state index < -0.39 is 0 Å².